The predicted molar refractivity (Wildman–Crippen MR) is 104 cm³/mol. The van der Waals surface area contributed by atoms with Gasteiger partial charge in [0.15, 0.2) is 0 Å². The molecule has 2 unspecified atom stereocenters. The van der Waals surface area contributed by atoms with Crippen molar-refractivity contribution in [3.8, 4) is 0 Å². The topological polar surface area (TPSA) is 104 Å². The standard InChI is InChI=1S/C18H26ClN3O4S/c19-16-4-1-3-14(7-16)8-21-9-15-10-22(12-18(15,11-21)13-23)17(24)5-2-6-27(20,25)26/h1,3-4,7,15,23H,2,5-6,8-13H2,(H2,20,25,26). The van der Waals surface area contributed by atoms with E-state index in [0.717, 1.165) is 25.2 Å². The van der Waals surface area contributed by atoms with E-state index >= 15 is 0 Å². The van der Waals surface area contributed by atoms with Crippen LogP contribution in [-0.4, -0.2) is 67.8 Å². The second-order valence-electron chi connectivity index (χ2n) is 7.76. The lowest BCUT2D eigenvalue weighted by molar-refractivity contribution is -0.130. The van der Waals surface area contributed by atoms with Crippen LogP contribution >= 0.6 is 11.6 Å². The van der Waals surface area contributed by atoms with Crippen molar-refractivity contribution in [2.75, 3.05) is 38.5 Å². The number of halogens is 1. The number of nitrogens with zero attached hydrogens (tertiary/aromatic N) is 2. The molecule has 3 N–H and O–H groups in total. The summed E-state index contributed by atoms with van der Waals surface area (Å²) in [5.74, 6) is -0.0414. The molecule has 0 radical (unpaired) electrons. The molecule has 1 aromatic carbocycles. The first-order valence-electron chi connectivity index (χ1n) is 9.07. The molecule has 150 valence electrons. The van der Waals surface area contributed by atoms with Crippen LogP contribution in [-0.2, 0) is 21.4 Å². The van der Waals surface area contributed by atoms with Crippen LogP contribution in [0, 0.1) is 11.3 Å². The van der Waals surface area contributed by atoms with Crippen LogP contribution < -0.4 is 5.14 Å². The van der Waals surface area contributed by atoms with Crippen molar-refractivity contribution in [1.29, 1.82) is 0 Å². The summed E-state index contributed by atoms with van der Waals surface area (Å²) in [6, 6.07) is 7.76. The van der Waals surface area contributed by atoms with Crippen molar-refractivity contribution in [2.45, 2.75) is 19.4 Å². The molecular weight excluding hydrogens is 390 g/mol. The van der Waals surface area contributed by atoms with E-state index < -0.39 is 10.0 Å². The number of carbonyl (C=O) groups excluding carboxylic acids is 1. The molecule has 1 aromatic rings. The average Bonchev–Trinajstić information content (AvgIpc) is 3.07. The summed E-state index contributed by atoms with van der Waals surface area (Å²) in [5.41, 5.74) is 0.820. The van der Waals surface area contributed by atoms with Crippen LogP contribution in [0.4, 0.5) is 0 Å². The first-order chi connectivity index (χ1) is 12.7. The van der Waals surface area contributed by atoms with Crippen LogP contribution in [0.2, 0.25) is 5.02 Å². The van der Waals surface area contributed by atoms with E-state index in [4.69, 9.17) is 16.7 Å². The van der Waals surface area contributed by atoms with Gasteiger partial charge >= 0.3 is 0 Å². The van der Waals surface area contributed by atoms with Gasteiger partial charge < -0.3 is 10.0 Å². The van der Waals surface area contributed by atoms with E-state index in [0.29, 0.717) is 18.1 Å². The molecule has 3 rings (SSSR count). The first-order valence-corrected chi connectivity index (χ1v) is 11.2. The summed E-state index contributed by atoms with van der Waals surface area (Å²) in [6.07, 6.45) is 0.392. The largest absolute Gasteiger partial charge is 0.396 e. The van der Waals surface area contributed by atoms with Crippen LogP contribution in [0.1, 0.15) is 18.4 Å². The summed E-state index contributed by atoms with van der Waals surface area (Å²) in [4.78, 5) is 16.5. The highest BCUT2D eigenvalue weighted by atomic mass is 35.5. The first kappa shape index (κ1) is 20.5. The highest BCUT2D eigenvalue weighted by Crippen LogP contribution is 2.42. The molecule has 2 saturated heterocycles. The highest BCUT2D eigenvalue weighted by Gasteiger charge is 2.52. The maximum Gasteiger partial charge on any atom is 0.222 e. The fourth-order valence-corrected chi connectivity index (χ4v) is 5.06. The molecule has 0 bridgehead atoms. The number of carbonyl (C=O) groups is 1. The van der Waals surface area contributed by atoms with E-state index in [1.165, 1.54) is 0 Å². The monoisotopic (exact) mass is 415 g/mol. The van der Waals surface area contributed by atoms with Crippen molar-refractivity contribution in [3.05, 3.63) is 34.9 Å². The minimum Gasteiger partial charge on any atom is -0.396 e. The third-order valence-corrected chi connectivity index (χ3v) is 6.70. The number of hydrogen-bond acceptors (Lipinski definition) is 5. The van der Waals surface area contributed by atoms with E-state index in [1.54, 1.807) is 4.90 Å². The molecule has 2 heterocycles. The third kappa shape index (κ3) is 5.00. The van der Waals surface area contributed by atoms with Crippen molar-refractivity contribution >= 4 is 27.5 Å². The van der Waals surface area contributed by atoms with Gasteiger partial charge in [0.05, 0.1) is 12.4 Å². The van der Waals surface area contributed by atoms with Crippen LogP contribution in [0.15, 0.2) is 24.3 Å². The average molecular weight is 416 g/mol. The molecular formula is C18H26ClN3O4S. The molecule has 0 aromatic heterocycles. The normalized spacial score (nSPS) is 25.7. The molecule has 0 saturated carbocycles. The van der Waals surface area contributed by atoms with Crippen molar-refractivity contribution in [1.82, 2.24) is 9.80 Å². The summed E-state index contributed by atoms with van der Waals surface area (Å²) in [6.45, 7) is 3.44. The van der Waals surface area contributed by atoms with Gasteiger partial charge in [0, 0.05) is 49.6 Å². The SMILES string of the molecule is NS(=O)(=O)CCCC(=O)N1CC2CN(Cc3cccc(Cl)c3)CC2(CO)C1. The highest BCUT2D eigenvalue weighted by molar-refractivity contribution is 7.89. The Balaban J connectivity index is 1.57. The molecule has 2 atom stereocenters. The summed E-state index contributed by atoms with van der Waals surface area (Å²) in [5, 5.41) is 15.7. The van der Waals surface area contributed by atoms with Crippen molar-refractivity contribution in [3.63, 3.8) is 0 Å². The zero-order valence-electron chi connectivity index (χ0n) is 15.2. The molecule has 0 spiro atoms. The second-order valence-corrected chi connectivity index (χ2v) is 9.93. The van der Waals surface area contributed by atoms with Gasteiger partial charge in [0.2, 0.25) is 15.9 Å². The Morgan fingerprint density at radius 2 is 2.11 bits per heavy atom. The maximum absolute atomic E-state index is 12.4. The number of fused-ring (bicyclic) bond motifs is 1. The molecule has 2 aliphatic heterocycles. The Labute approximate surface area is 165 Å². The molecule has 0 aliphatic carbocycles. The van der Waals surface area contributed by atoms with Crippen LogP contribution in [0.5, 0.6) is 0 Å². The Morgan fingerprint density at radius 1 is 1.33 bits per heavy atom. The zero-order valence-corrected chi connectivity index (χ0v) is 16.8. The van der Waals surface area contributed by atoms with E-state index in [-0.39, 0.29) is 42.4 Å². The van der Waals surface area contributed by atoms with Crippen molar-refractivity contribution in [2.24, 2.45) is 16.5 Å². The molecule has 7 nitrogen and oxygen atoms in total. The second kappa shape index (κ2) is 8.05. The number of hydrogen-bond donors (Lipinski definition) is 2. The lowest BCUT2D eigenvalue weighted by Gasteiger charge is -2.27. The predicted octanol–water partition coefficient (Wildman–Crippen LogP) is 0.661. The van der Waals surface area contributed by atoms with Gasteiger partial charge in [-0.15, -0.1) is 0 Å². The number of amides is 1. The Morgan fingerprint density at radius 3 is 2.74 bits per heavy atom. The van der Waals surface area contributed by atoms with Gasteiger partial charge in [-0.05, 0) is 30.0 Å². The van der Waals surface area contributed by atoms with Gasteiger partial charge in [0.25, 0.3) is 0 Å². The smallest absolute Gasteiger partial charge is 0.222 e. The number of rotatable bonds is 7. The number of benzene rings is 1. The minimum absolute atomic E-state index is 0.0324. The number of likely N-dealkylation sites (tertiary alicyclic amines) is 2. The molecule has 27 heavy (non-hydrogen) atoms. The van der Waals surface area contributed by atoms with E-state index in [1.807, 2.05) is 24.3 Å². The number of aliphatic hydroxyl groups is 1. The van der Waals surface area contributed by atoms with Gasteiger partial charge in [-0.25, -0.2) is 13.6 Å². The Bertz CT molecular complexity index is 804. The van der Waals surface area contributed by atoms with E-state index in [2.05, 4.69) is 4.90 Å². The molecule has 2 aliphatic rings. The lowest BCUT2D eigenvalue weighted by Crippen LogP contribution is -2.38. The molecule has 9 heteroatoms. The summed E-state index contributed by atoms with van der Waals surface area (Å²) >= 11 is 6.06. The molecule has 2 fully saturated rings. The summed E-state index contributed by atoms with van der Waals surface area (Å²) < 4.78 is 22.0. The van der Waals surface area contributed by atoms with E-state index in [9.17, 15) is 18.3 Å². The quantitative estimate of drug-likeness (QED) is 0.680. The fourth-order valence-electron chi connectivity index (χ4n) is 4.30. The van der Waals surface area contributed by atoms with Gasteiger partial charge in [-0.3, -0.25) is 9.69 Å². The number of primary sulfonamides is 1. The number of sulfonamides is 1. The number of nitrogens with two attached hydrogens (primary N) is 1. The summed E-state index contributed by atoms with van der Waals surface area (Å²) in [7, 11) is -3.54. The zero-order chi connectivity index (χ0) is 19.7. The molecule has 1 amide bonds. The lowest BCUT2D eigenvalue weighted by atomic mass is 9.82. The van der Waals surface area contributed by atoms with Crippen molar-refractivity contribution < 1.29 is 18.3 Å². The minimum atomic E-state index is -3.54. The number of aliphatic hydroxyl groups excluding tert-OH is 1. The maximum atomic E-state index is 12.4. The van der Waals surface area contributed by atoms with Crippen LogP contribution in [0.3, 0.4) is 0 Å². The third-order valence-electron chi connectivity index (χ3n) is 5.61. The van der Waals surface area contributed by atoms with Gasteiger partial charge in [0.1, 0.15) is 0 Å². The fraction of sp³-hybridized carbons (Fsp3) is 0.611. The Hall–Kier alpha value is -1.19. The van der Waals surface area contributed by atoms with Gasteiger partial charge in [-0.2, -0.15) is 0 Å². The Kier molecular flexibility index (Phi) is 6.12. The van der Waals surface area contributed by atoms with Crippen LogP contribution in [0.25, 0.3) is 0 Å². The van der Waals surface area contributed by atoms with Gasteiger partial charge in [-0.1, -0.05) is 23.7 Å².